The van der Waals surface area contributed by atoms with E-state index in [-0.39, 0.29) is 11.2 Å². The van der Waals surface area contributed by atoms with Crippen molar-refractivity contribution in [3.63, 3.8) is 0 Å². The second-order valence-corrected chi connectivity index (χ2v) is 10.1. The monoisotopic (exact) mass is 533 g/mol. The summed E-state index contributed by atoms with van der Waals surface area (Å²) >= 11 is 4.50. The number of rotatable bonds is 12. The average molecular weight is 534 g/mol. The first-order valence-corrected chi connectivity index (χ1v) is 13.5. The van der Waals surface area contributed by atoms with Crippen LogP contribution in [0.2, 0.25) is 0 Å². The number of carbonyl (C=O) groups excluding carboxylic acids is 1. The van der Waals surface area contributed by atoms with E-state index in [2.05, 4.69) is 88.2 Å². The highest BCUT2D eigenvalue weighted by Crippen LogP contribution is 2.30. The molecule has 0 fully saturated rings. The Hall–Kier alpha value is -3.66. The van der Waals surface area contributed by atoms with E-state index in [1.165, 1.54) is 0 Å². The molecule has 0 radical (unpaired) electrons. The second-order valence-electron chi connectivity index (χ2n) is 9.50. The number of aryl methyl sites for hydroxylation is 1. The van der Waals surface area contributed by atoms with E-state index in [0.717, 1.165) is 46.5 Å². The topological polar surface area (TPSA) is 111 Å². The molecule has 1 atom stereocenters. The smallest absolute Gasteiger partial charge is 0.297 e. The minimum atomic E-state index is -0.342. The van der Waals surface area contributed by atoms with Crippen molar-refractivity contribution in [1.82, 2.24) is 35.5 Å². The molecule has 0 aliphatic heterocycles. The number of aromatic nitrogens is 6. The molecule has 10 heteroatoms. The van der Waals surface area contributed by atoms with Gasteiger partial charge in [-0.1, -0.05) is 69.3 Å². The number of thiol groups is 1. The molecule has 38 heavy (non-hydrogen) atoms. The number of ether oxygens (including phenoxy) is 1. The zero-order valence-corrected chi connectivity index (χ0v) is 23.2. The van der Waals surface area contributed by atoms with Crippen molar-refractivity contribution in [1.29, 1.82) is 0 Å². The fourth-order valence-corrected chi connectivity index (χ4v) is 4.93. The summed E-state index contributed by atoms with van der Waals surface area (Å²) in [7, 11) is 0. The van der Waals surface area contributed by atoms with Crippen LogP contribution >= 0.6 is 12.6 Å². The number of amides is 1. The van der Waals surface area contributed by atoms with E-state index in [9.17, 15) is 4.79 Å². The number of imidazole rings is 1. The van der Waals surface area contributed by atoms with Crippen LogP contribution in [-0.2, 0) is 24.3 Å². The summed E-state index contributed by atoms with van der Waals surface area (Å²) in [6, 6.07) is 16.9. The number of nitrogens with one attached hydrogen (secondary N) is 2. The highest BCUT2D eigenvalue weighted by molar-refractivity contribution is 7.81. The molecule has 1 amide bonds. The normalized spacial score (nSPS) is 12.1. The molecule has 4 rings (SSSR count). The first-order valence-electron chi connectivity index (χ1n) is 13.0. The van der Waals surface area contributed by atoms with Crippen LogP contribution in [-0.4, -0.2) is 47.9 Å². The number of hydrogen-bond donors (Lipinski definition) is 3. The molecule has 0 bridgehead atoms. The van der Waals surface area contributed by atoms with Gasteiger partial charge in [-0.3, -0.25) is 9.36 Å². The molecule has 0 spiro atoms. The number of hydrogen-bond acceptors (Lipinski definition) is 7. The zero-order chi connectivity index (χ0) is 27.1. The molecule has 0 saturated heterocycles. The lowest BCUT2D eigenvalue weighted by molar-refractivity contribution is -0.121. The summed E-state index contributed by atoms with van der Waals surface area (Å²) in [6.07, 6.45) is 1.46. The molecule has 2 aromatic heterocycles. The van der Waals surface area contributed by atoms with Gasteiger partial charge in [0.25, 0.3) is 6.01 Å². The Morgan fingerprint density at radius 3 is 2.47 bits per heavy atom. The van der Waals surface area contributed by atoms with Crippen LogP contribution in [0.5, 0.6) is 6.01 Å². The third kappa shape index (κ3) is 6.42. The summed E-state index contributed by atoms with van der Waals surface area (Å²) in [5, 5.41) is 17.2. The van der Waals surface area contributed by atoms with E-state index in [1.54, 1.807) is 0 Å². The minimum Gasteiger partial charge on any atom is -0.465 e. The Morgan fingerprint density at radius 2 is 1.84 bits per heavy atom. The molecule has 2 aromatic carbocycles. The number of nitrogens with zero attached hydrogens (tertiary/aromatic N) is 5. The van der Waals surface area contributed by atoms with Gasteiger partial charge in [0.2, 0.25) is 11.7 Å². The van der Waals surface area contributed by atoms with Crippen LogP contribution in [0.1, 0.15) is 51.1 Å². The lowest BCUT2D eigenvalue weighted by atomic mass is 9.98. The molecule has 4 aromatic rings. The van der Waals surface area contributed by atoms with Gasteiger partial charge in [-0.15, -0.1) is 10.2 Å². The molecule has 2 N–H and O–H groups in total. The third-order valence-electron chi connectivity index (χ3n) is 6.28. The molecule has 9 nitrogen and oxygen atoms in total. The largest absolute Gasteiger partial charge is 0.465 e. The molecule has 0 aliphatic carbocycles. The SMILES string of the molecule is CCOc1nc(CC)c(CNC(=O)[C@@H](S)CC(C)C)n1Cc1ccc(-c2ccccc2-c2nn[nH]n2)cc1. The van der Waals surface area contributed by atoms with Crippen molar-refractivity contribution < 1.29 is 9.53 Å². The van der Waals surface area contributed by atoms with Crippen molar-refractivity contribution in [2.75, 3.05) is 6.61 Å². The van der Waals surface area contributed by atoms with Crippen LogP contribution in [0.25, 0.3) is 22.5 Å². The summed E-state index contributed by atoms with van der Waals surface area (Å²) in [5.41, 5.74) is 5.94. The van der Waals surface area contributed by atoms with Gasteiger partial charge in [0.15, 0.2) is 0 Å². The van der Waals surface area contributed by atoms with Gasteiger partial charge >= 0.3 is 0 Å². The van der Waals surface area contributed by atoms with Gasteiger partial charge in [-0.25, -0.2) is 0 Å². The summed E-state index contributed by atoms with van der Waals surface area (Å²) < 4.78 is 7.95. The van der Waals surface area contributed by atoms with Gasteiger partial charge in [-0.05, 0) is 47.6 Å². The molecule has 2 heterocycles. The first-order chi connectivity index (χ1) is 18.4. The van der Waals surface area contributed by atoms with Crippen LogP contribution in [0, 0.1) is 5.92 Å². The average Bonchev–Trinajstić information content (AvgIpc) is 3.56. The lowest BCUT2D eigenvalue weighted by Gasteiger charge is -2.16. The minimum absolute atomic E-state index is 0.0700. The number of H-pyrrole nitrogens is 1. The maximum atomic E-state index is 12.7. The van der Waals surface area contributed by atoms with Crippen molar-refractivity contribution in [2.24, 2.45) is 5.92 Å². The Morgan fingerprint density at radius 1 is 1.11 bits per heavy atom. The maximum Gasteiger partial charge on any atom is 0.297 e. The molecular weight excluding hydrogens is 498 g/mol. The van der Waals surface area contributed by atoms with Crippen LogP contribution < -0.4 is 10.1 Å². The molecule has 0 saturated carbocycles. The molecule has 0 aliphatic rings. The highest BCUT2D eigenvalue weighted by atomic mass is 32.1. The zero-order valence-electron chi connectivity index (χ0n) is 22.3. The Kier molecular flexibility index (Phi) is 9.17. The number of tetrazole rings is 1. The van der Waals surface area contributed by atoms with E-state index < -0.39 is 0 Å². The Balaban J connectivity index is 1.58. The lowest BCUT2D eigenvalue weighted by Crippen LogP contribution is -2.32. The van der Waals surface area contributed by atoms with E-state index in [0.29, 0.717) is 37.4 Å². The summed E-state index contributed by atoms with van der Waals surface area (Å²) in [4.78, 5) is 17.4. The molecule has 200 valence electrons. The van der Waals surface area contributed by atoms with Gasteiger partial charge in [0.1, 0.15) is 0 Å². The van der Waals surface area contributed by atoms with Crippen LogP contribution in [0.4, 0.5) is 0 Å². The van der Waals surface area contributed by atoms with Crippen molar-refractivity contribution in [3.05, 3.63) is 65.5 Å². The second kappa shape index (κ2) is 12.7. The number of aromatic amines is 1. The van der Waals surface area contributed by atoms with Gasteiger partial charge < -0.3 is 10.1 Å². The van der Waals surface area contributed by atoms with Crippen molar-refractivity contribution >= 4 is 18.5 Å². The fraction of sp³-hybridized carbons (Fsp3) is 0.393. The third-order valence-corrected chi connectivity index (χ3v) is 6.72. The van der Waals surface area contributed by atoms with Gasteiger partial charge in [0.05, 0.1) is 36.3 Å². The molecule has 0 unspecified atom stereocenters. The van der Waals surface area contributed by atoms with E-state index >= 15 is 0 Å². The van der Waals surface area contributed by atoms with E-state index in [1.807, 2.05) is 31.2 Å². The summed E-state index contributed by atoms with van der Waals surface area (Å²) in [6.45, 7) is 9.62. The van der Waals surface area contributed by atoms with Gasteiger partial charge in [0, 0.05) is 5.56 Å². The van der Waals surface area contributed by atoms with E-state index in [4.69, 9.17) is 9.72 Å². The summed E-state index contributed by atoms with van der Waals surface area (Å²) in [5.74, 6) is 0.881. The quantitative estimate of drug-likeness (QED) is 0.228. The number of carbonyl (C=O) groups is 1. The van der Waals surface area contributed by atoms with Crippen LogP contribution in [0.3, 0.4) is 0 Å². The predicted molar refractivity (Wildman–Crippen MR) is 151 cm³/mol. The van der Waals surface area contributed by atoms with Crippen LogP contribution in [0.15, 0.2) is 48.5 Å². The Bertz CT molecular complexity index is 1330. The van der Waals surface area contributed by atoms with Crippen molar-refractivity contribution in [2.45, 2.75) is 58.9 Å². The number of benzene rings is 2. The molecular formula is C28H35N7O2S. The highest BCUT2D eigenvalue weighted by Gasteiger charge is 2.21. The Labute approximate surface area is 228 Å². The maximum absolute atomic E-state index is 12.7. The van der Waals surface area contributed by atoms with Gasteiger partial charge in [-0.2, -0.15) is 22.8 Å². The predicted octanol–water partition coefficient (Wildman–Crippen LogP) is 4.70. The standard InChI is InChI=1S/C28H35N7O2S/c1-5-23-24(16-29-27(36)25(38)15-18(3)4)35(28(30-23)37-6-2)17-19-11-13-20(14-12-19)21-9-7-8-10-22(21)26-31-33-34-32-26/h7-14,18,25,38H,5-6,15-17H2,1-4H3,(H,29,36)(H,31,32,33,34)/t25-/m0/s1. The van der Waals surface area contributed by atoms with Crippen molar-refractivity contribution in [3.8, 4) is 28.5 Å². The fourth-order valence-electron chi connectivity index (χ4n) is 4.41. The first kappa shape index (κ1) is 27.4.